The molecule has 1 heterocycles. The molecular formula is C37H46FN9O18. The van der Waals surface area contributed by atoms with Crippen molar-refractivity contribution >= 4 is 71.3 Å². The fourth-order valence-corrected chi connectivity index (χ4v) is 5.44. The number of benzene rings is 1. The maximum atomic E-state index is 13.3. The van der Waals surface area contributed by atoms with E-state index in [0.717, 1.165) is 6.07 Å². The van der Waals surface area contributed by atoms with Crippen molar-refractivity contribution in [2.24, 2.45) is 0 Å². The number of nitrogens with one attached hydrogen (secondary N) is 6. The highest BCUT2D eigenvalue weighted by Gasteiger charge is 2.29. The van der Waals surface area contributed by atoms with Gasteiger partial charge in [-0.3, -0.25) is 42.7 Å². The average Bonchev–Trinajstić information content (AvgIpc) is 3.71. The molecule has 0 spiro atoms. The second-order valence-corrected chi connectivity index (χ2v) is 13.8. The third-order valence-corrected chi connectivity index (χ3v) is 8.70. The van der Waals surface area contributed by atoms with Crippen molar-refractivity contribution in [2.45, 2.75) is 88.4 Å². The monoisotopic (exact) mass is 923 g/mol. The Morgan fingerprint density at radius 2 is 0.954 bits per heavy atom. The van der Waals surface area contributed by atoms with Gasteiger partial charge in [-0.2, -0.15) is 0 Å². The van der Waals surface area contributed by atoms with Crippen LogP contribution in [0.3, 0.4) is 0 Å². The van der Waals surface area contributed by atoms with Gasteiger partial charge in [0.1, 0.15) is 24.2 Å². The van der Waals surface area contributed by atoms with Gasteiger partial charge >= 0.3 is 35.8 Å². The lowest BCUT2D eigenvalue weighted by Crippen LogP contribution is -2.47. The number of carbonyl (C=O) groups excluding carboxylic acids is 6. The molecule has 0 aliphatic heterocycles. The third kappa shape index (κ3) is 19.7. The molecule has 0 saturated heterocycles. The number of aromatic nitrogens is 3. The summed E-state index contributed by atoms with van der Waals surface area (Å²) in [6.07, 6.45) is -3.47. The van der Waals surface area contributed by atoms with Gasteiger partial charge in [0.25, 0.3) is 11.8 Å². The largest absolute Gasteiger partial charge is 0.481 e. The summed E-state index contributed by atoms with van der Waals surface area (Å²) in [5, 5.41) is 75.8. The molecule has 1 aromatic heterocycles. The van der Waals surface area contributed by atoms with Crippen LogP contribution in [-0.2, 0) is 54.4 Å². The molecule has 1 aromatic carbocycles. The number of aryl methyl sites for hydroxylation is 1. The van der Waals surface area contributed by atoms with Crippen molar-refractivity contribution in [1.29, 1.82) is 0 Å². The van der Waals surface area contributed by atoms with Crippen LogP contribution in [-0.4, -0.2) is 161 Å². The SMILES string of the molecule is O=C(O)CCC(NC(=O)CC(NC(=O)CCNC(=O)c1cc(C(=O)NCCC(=O)N[C@H](CC(=O)NC(CCC(=O)O)C(=O)O)C(=O)O)cc(-n2cc(CCCF)nn2)c1)C(=O)O)C(=O)O. The van der Waals surface area contributed by atoms with Crippen molar-refractivity contribution in [3.05, 3.63) is 41.2 Å². The highest BCUT2D eigenvalue weighted by molar-refractivity contribution is 6.01. The number of carboxylic acids is 6. The first kappa shape index (κ1) is 53.1. The number of aliphatic carboxylic acids is 6. The van der Waals surface area contributed by atoms with Crippen LogP contribution in [0.1, 0.15) is 84.2 Å². The van der Waals surface area contributed by atoms with E-state index in [1.54, 1.807) is 0 Å². The van der Waals surface area contributed by atoms with Gasteiger partial charge in [-0.05, 0) is 43.9 Å². The van der Waals surface area contributed by atoms with Crippen molar-refractivity contribution in [1.82, 2.24) is 46.9 Å². The number of hydrogen-bond acceptors (Lipinski definition) is 14. The van der Waals surface area contributed by atoms with Crippen LogP contribution < -0.4 is 31.9 Å². The lowest BCUT2D eigenvalue weighted by atomic mass is 10.1. The first-order valence-corrected chi connectivity index (χ1v) is 19.3. The van der Waals surface area contributed by atoms with Gasteiger partial charge in [-0.15, -0.1) is 5.10 Å². The molecule has 354 valence electrons. The summed E-state index contributed by atoms with van der Waals surface area (Å²) in [4.78, 5) is 144. The Balaban J connectivity index is 2.12. The predicted molar refractivity (Wildman–Crippen MR) is 211 cm³/mol. The van der Waals surface area contributed by atoms with E-state index >= 15 is 0 Å². The molecule has 3 unspecified atom stereocenters. The summed E-state index contributed by atoms with van der Waals surface area (Å²) in [5.41, 5.74) is 0.0507. The molecule has 0 aliphatic carbocycles. The van der Waals surface area contributed by atoms with Crippen molar-refractivity contribution < 1.29 is 92.6 Å². The van der Waals surface area contributed by atoms with E-state index in [9.17, 15) is 82.4 Å². The minimum atomic E-state index is -1.85. The van der Waals surface area contributed by atoms with Gasteiger partial charge < -0.3 is 62.5 Å². The molecule has 0 radical (unpaired) electrons. The predicted octanol–water partition coefficient (Wildman–Crippen LogP) is -2.80. The Hall–Kier alpha value is -8.07. The molecule has 0 bridgehead atoms. The molecule has 12 N–H and O–H groups in total. The second kappa shape index (κ2) is 26.4. The number of carbonyl (C=O) groups is 12. The van der Waals surface area contributed by atoms with Crippen molar-refractivity contribution in [3.8, 4) is 5.69 Å². The Labute approximate surface area is 365 Å². The van der Waals surface area contributed by atoms with E-state index in [1.807, 2.05) is 10.6 Å². The van der Waals surface area contributed by atoms with E-state index < -0.39 is 167 Å². The summed E-state index contributed by atoms with van der Waals surface area (Å²) in [7, 11) is 0. The number of rotatable bonds is 30. The quantitative estimate of drug-likeness (QED) is 0.0376. The molecule has 0 saturated carbocycles. The summed E-state index contributed by atoms with van der Waals surface area (Å²) in [6, 6.07) is -3.37. The maximum absolute atomic E-state index is 13.3. The summed E-state index contributed by atoms with van der Waals surface area (Å²) >= 11 is 0. The third-order valence-electron chi connectivity index (χ3n) is 8.70. The van der Waals surface area contributed by atoms with Gasteiger partial charge in [0, 0.05) is 49.9 Å². The number of amides is 6. The molecule has 0 aliphatic rings. The van der Waals surface area contributed by atoms with Crippen LogP contribution in [0.4, 0.5) is 4.39 Å². The molecular weight excluding hydrogens is 877 g/mol. The smallest absolute Gasteiger partial charge is 0.326 e. The van der Waals surface area contributed by atoms with E-state index in [-0.39, 0.29) is 29.7 Å². The molecule has 2 rings (SSSR count). The molecule has 28 heteroatoms. The summed E-state index contributed by atoms with van der Waals surface area (Å²) < 4.78 is 13.9. The Bertz CT molecular complexity index is 2010. The van der Waals surface area contributed by atoms with Crippen LogP contribution in [0.5, 0.6) is 0 Å². The standard InChI is InChI=1S/C37H46FN9O18/c38-9-1-2-20-17-47(46-45-20)21-13-18(32(56)39-10-7-26(48)43-24(36(62)63)15-28(50)41-22(34(58)59)3-5-30(52)53)12-19(14-21)33(57)40-11-8-27(49)44-25(37(64)65)16-29(51)42-23(35(60)61)4-6-31(54)55/h12-14,17,22-25H,1-11,15-16H2,(H,39,56)(H,40,57)(H,41,50)(H,42,51)(H,43,48)(H,44,49)(H,52,53)(H,54,55)(H,58,59)(H,60,61)(H,62,63)(H,64,65)/t22?,23?,24-,25?/m1/s1. The first-order chi connectivity index (χ1) is 30.6. The zero-order valence-corrected chi connectivity index (χ0v) is 34.1. The zero-order valence-electron chi connectivity index (χ0n) is 34.1. The maximum Gasteiger partial charge on any atom is 0.326 e. The van der Waals surface area contributed by atoms with Crippen molar-refractivity contribution in [2.75, 3.05) is 19.8 Å². The van der Waals surface area contributed by atoms with Gasteiger partial charge in [-0.25, -0.2) is 23.9 Å². The fourth-order valence-electron chi connectivity index (χ4n) is 5.44. The minimum absolute atomic E-state index is 0.0867. The number of halogens is 1. The summed E-state index contributed by atoms with van der Waals surface area (Å²) in [5.74, 6) is -15.1. The lowest BCUT2D eigenvalue weighted by Gasteiger charge is -2.17. The summed E-state index contributed by atoms with van der Waals surface area (Å²) in [6.45, 7) is -1.50. The highest BCUT2D eigenvalue weighted by Crippen LogP contribution is 2.16. The molecule has 65 heavy (non-hydrogen) atoms. The lowest BCUT2D eigenvalue weighted by molar-refractivity contribution is -0.145. The Morgan fingerprint density at radius 1 is 0.554 bits per heavy atom. The van der Waals surface area contributed by atoms with E-state index in [2.05, 4.69) is 31.6 Å². The highest BCUT2D eigenvalue weighted by atomic mass is 19.1. The van der Waals surface area contributed by atoms with Gasteiger partial charge in [0.15, 0.2) is 0 Å². The minimum Gasteiger partial charge on any atom is -0.481 e. The molecule has 4 atom stereocenters. The molecule has 27 nitrogen and oxygen atoms in total. The Kier molecular flexibility index (Phi) is 21.6. The van der Waals surface area contributed by atoms with Crippen LogP contribution in [0.2, 0.25) is 0 Å². The van der Waals surface area contributed by atoms with Gasteiger partial charge in [0.2, 0.25) is 23.6 Å². The average molecular weight is 924 g/mol. The molecule has 0 fully saturated rings. The van der Waals surface area contributed by atoms with E-state index in [0.29, 0.717) is 5.69 Å². The number of carboxylic acid groups (broad SMARTS) is 6. The van der Waals surface area contributed by atoms with E-state index in [1.165, 1.54) is 23.0 Å². The van der Waals surface area contributed by atoms with Crippen LogP contribution in [0, 0.1) is 0 Å². The topological polar surface area (TPSA) is 429 Å². The normalized spacial score (nSPS) is 12.5. The van der Waals surface area contributed by atoms with Crippen LogP contribution in [0.25, 0.3) is 5.69 Å². The Morgan fingerprint density at radius 3 is 1.32 bits per heavy atom. The number of alkyl halides is 1. The number of nitrogens with zero attached hydrogens (tertiary/aromatic N) is 3. The van der Waals surface area contributed by atoms with E-state index in [4.69, 9.17) is 10.2 Å². The molecule has 6 amide bonds. The first-order valence-electron chi connectivity index (χ1n) is 19.3. The van der Waals surface area contributed by atoms with Crippen LogP contribution >= 0.6 is 0 Å². The van der Waals surface area contributed by atoms with Crippen LogP contribution in [0.15, 0.2) is 24.4 Å². The van der Waals surface area contributed by atoms with Gasteiger partial charge in [0.05, 0.1) is 37.1 Å². The van der Waals surface area contributed by atoms with Gasteiger partial charge in [-0.1, -0.05) is 5.21 Å². The zero-order chi connectivity index (χ0) is 48.8. The fraction of sp³-hybridized carbons (Fsp3) is 0.459. The second-order valence-electron chi connectivity index (χ2n) is 13.8. The molecule has 2 aromatic rings. The number of hydrogen-bond donors (Lipinski definition) is 12. The van der Waals surface area contributed by atoms with Crippen molar-refractivity contribution in [3.63, 3.8) is 0 Å².